The lowest BCUT2D eigenvalue weighted by Gasteiger charge is -2.34. The first-order chi connectivity index (χ1) is 12.4. The van der Waals surface area contributed by atoms with Gasteiger partial charge >= 0.3 is 5.97 Å². The number of nitrogens with zero attached hydrogens (tertiary/aromatic N) is 2. The lowest BCUT2D eigenvalue weighted by Crippen LogP contribution is -2.50. The van der Waals surface area contributed by atoms with Crippen molar-refractivity contribution in [1.82, 2.24) is 9.21 Å². The zero-order valence-electron chi connectivity index (χ0n) is 13.9. The molecule has 1 fully saturated rings. The van der Waals surface area contributed by atoms with Crippen LogP contribution in [0.25, 0.3) is 0 Å². The minimum Gasteiger partial charge on any atom is -0.478 e. The van der Waals surface area contributed by atoms with E-state index in [1.807, 2.05) is 6.07 Å². The van der Waals surface area contributed by atoms with Crippen molar-refractivity contribution in [1.29, 1.82) is 0 Å². The van der Waals surface area contributed by atoms with Crippen molar-refractivity contribution in [3.8, 4) is 0 Å². The Balaban J connectivity index is 1.72. The summed E-state index contributed by atoms with van der Waals surface area (Å²) in [6.45, 7) is 0.896. The lowest BCUT2D eigenvalue weighted by molar-refractivity contribution is 0.0687. The Morgan fingerprint density at radius 2 is 1.46 bits per heavy atom. The van der Waals surface area contributed by atoms with Crippen LogP contribution in [0.1, 0.15) is 20.7 Å². The van der Waals surface area contributed by atoms with Crippen molar-refractivity contribution in [2.24, 2.45) is 0 Å². The van der Waals surface area contributed by atoms with Gasteiger partial charge in [-0.3, -0.25) is 4.79 Å². The first kappa shape index (κ1) is 18.1. The van der Waals surface area contributed by atoms with Crippen LogP contribution in [-0.4, -0.2) is 60.8 Å². The lowest BCUT2D eigenvalue weighted by atomic mass is 10.2. The van der Waals surface area contributed by atoms with Gasteiger partial charge in [0.25, 0.3) is 5.91 Å². The maximum Gasteiger partial charge on any atom is 0.335 e. The van der Waals surface area contributed by atoms with Gasteiger partial charge < -0.3 is 10.0 Å². The second-order valence-electron chi connectivity index (χ2n) is 5.90. The molecule has 26 heavy (non-hydrogen) atoms. The Bertz CT molecular complexity index is 920. The van der Waals surface area contributed by atoms with Crippen LogP contribution in [0.15, 0.2) is 59.5 Å². The Labute approximate surface area is 151 Å². The summed E-state index contributed by atoms with van der Waals surface area (Å²) < 4.78 is 26.8. The van der Waals surface area contributed by atoms with Crippen molar-refractivity contribution in [3.63, 3.8) is 0 Å². The van der Waals surface area contributed by atoms with E-state index in [1.54, 1.807) is 29.2 Å². The number of benzene rings is 2. The van der Waals surface area contributed by atoms with Crippen LogP contribution in [0, 0.1) is 0 Å². The van der Waals surface area contributed by atoms with E-state index in [0.717, 1.165) is 6.07 Å². The van der Waals surface area contributed by atoms with Gasteiger partial charge in [0.1, 0.15) is 0 Å². The molecule has 2 aromatic rings. The predicted octanol–water partition coefficient (Wildman–Crippen LogP) is 1.53. The summed E-state index contributed by atoms with van der Waals surface area (Å²) in [7, 11) is -3.80. The monoisotopic (exact) mass is 374 g/mol. The SMILES string of the molecule is O=C(O)c1cccc(S(=O)(=O)N2CCN(C(=O)c3ccccc3)CC2)c1. The quantitative estimate of drug-likeness (QED) is 0.876. The van der Waals surface area contributed by atoms with Gasteiger partial charge in [-0.15, -0.1) is 0 Å². The number of carboxylic acids is 1. The molecule has 136 valence electrons. The molecule has 0 spiro atoms. The van der Waals surface area contributed by atoms with Gasteiger partial charge in [0, 0.05) is 31.7 Å². The maximum atomic E-state index is 12.7. The van der Waals surface area contributed by atoms with Crippen LogP contribution in [0.3, 0.4) is 0 Å². The average molecular weight is 374 g/mol. The minimum absolute atomic E-state index is 0.0553. The van der Waals surface area contributed by atoms with Crippen LogP contribution in [-0.2, 0) is 10.0 Å². The molecule has 0 aliphatic carbocycles. The zero-order chi connectivity index (χ0) is 18.7. The van der Waals surface area contributed by atoms with Crippen LogP contribution >= 0.6 is 0 Å². The van der Waals surface area contributed by atoms with Gasteiger partial charge in [0.15, 0.2) is 0 Å². The minimum atomic E-state index is -3.80. The molecule has 1 amide bonds. The van der Waals surface area contributed by atoms with Crippen molar-refractivity contribution in [2.75, 3.05) is 26.2 Å². The number of hydrogen-bond donors (Lipinski definition) is 1. The highest BCUT2D eigenvalue weighted by Gasteiger charge is 2.30. The molecule has 3 rings (SSSR count). The third kappa shape index (κ3) is 3.61. The molecule has 0 unspecified atom stereocenters. The first-order valence-corrected chi connectivity index (χ1v) is 9.51. The molecular formula is C18H18N2O5S. The topological polar surface area (TPSA) is 95.0 Å². The Morgan fingerprint density at radius 3 is 2.08 bits per heavy atom. The first-order valence-electron chi connectivity index (χ1n) is 8.07. The second kappa shape index (κ2) is 7.27. The van der Waals surface area contributed by atoms with Crippen LogP contribution < -0.4 is 0 Å². The van der Waals surface area contributed by atoms with Gasteiger partial charge in [-0.1, -0.05) is 24.3 Å². The normalized spacial score (nSPS) is 15.6. The number of carbonyl (C=O) groups excluding carboxylic acids is 1. The number of piperazine rings is 1. The zero-order valence-corrected chi connectivity index (χ0v) is 14.7. The molecular weight excluding hydrogens is 356 g/mol. The fraction of sp³-hybridized carbons (Fsp3) is 0.222. The van der Waals surface area contributed by atoms with E-state index >= 15 is 0 Å². The molecule has 1 aliphatic rings. The number of hydrogen-bond acceptors (Lipinski definition) is 4. The van der Waals surface area contributed by atoms with E-state index < -0.39 is 16.0 Å². The number of rotatable bonds is 4. The summed E-state index contributed by atoms with van der Waals surface area (Å²) in [5.74, 6) is -1.31. The molecule has 1 aliphatic heterocycles. The van der Waals surface area contributed by atoms with Gasteiger partial charge in [-0.25, -0.2) is 13.2 Å². The fourth-order valence-electron chi connectivity index (χ4n) is 2.83. The maximum absolute atomic E-state index is 12.7. The summed E-state index contributed by atoms with van der Waals surface area (Å²) in [5, 5.41) is 9.04. The molecule has 7 nitrogen and oxygen atoms in total. The largest absolute Gasteiger partial charge is 0.478 e. The standard InChI is InChI=1S/C18H18N2O5S/c21-17(14-5-2-1-3-6-14)19-9-11-20(12-10-19)26(24,25)16-8-4-7-15(13-16)18(22)23/h1-8,13H,9-12H2,(H,22,23). The third-order valence-electron chi connectivity index (χ3n) is 4.27. The predicted molar refractivity (Wildman–Crippen MR) is 94.5 cm³/mol. The summed E-state index contributed by atoms with van der Waals surface area (Å²) in [6.07, 6.45) is 0. The molecule has 0 saturated carbocycles. The number of amides is 1. The van der Waals surface area contributed by atoms with Crippen LogP contribution in [0.2, 0.25) is 0 Å². The Hall–Kier alpha value is -2.71. The van der Waals surface area contributed by atoms with E-state index in [2.05, 4.69) is 0 Å². The summed E-state index contributed by atoms with van der Waals surface area (Å²) in [6, 6.07) is 14.1. The Morgan fingerprint density at radius 1 is 0.846 bits per heavy atom. The summed E-state index contributed by atoms with van der Waals surface area (Å²) in [5.41, 5.74) is 0.488. The highest BCUT2D eigenvalue weighted by atomic mass is 32.2. The molecule has 0 bridgehead atoms. The molecule has 8 heteroatoms. The summed E-state index contributed by atoms with van der Waals surface area (Å²) in [4.78, 5) is 25.1. The van der Waals surface area contributed by atoms with Gasteiger partial charge in [-0.2, -0.15) is 4.31 Å². The highest BCUT2D eigenvalue weighted by Crippen LogP contribution is 2.19. The molecule has 0 atom stereocenters. The molecule has 0 radical (unpaired) electrons. The van der Waals surface area contributed by atoms with E-state index in [-0.39, 0.29) is 42.5 Å². The van der Waals surface area contributed by atoms with Gasteiger partial charge in [-0.05, 0) is 30.3 Å². The van der Waals surface area contributed by atoms with E-state index in [0.29, 0.717) is 5.56 Å². The Kier molecular flexibility index (Phi) is 5.06. The van der Waals surface area contributed by atoms with Crippen LogP contribution in [0.4, 0.5) is 0 Å². The molecule has 1 heterocycles. The van der Waals surface area contributed by atoms with Gasteiger partial charge in [0.05, 0.1) is 10.5 Å². The van der Waals surface area contributed by atoms with E-state index in [9.17, 15) is 18.0 Å². The number of sulfonamides is 1. The smallest absolute Gasteiger partial charge is 0.335 e. The van der Waals surface area contributed by atoms with E-state index in [4.69, 9.17) is 5.11 Å². The third-order valence-corrected chi connectivity index (χ3v) is 6.16. The molecule has 1 N–H and O–H groups in total. The van der Waals surface area contributed by atoms with E-state index in [1.165, 1.54) is 22.5 Å². The van der Waals surface area contributed by atoms with Crippen molar-refractivity contribution in [3.05, 3.63) is 65.7 Å². The van der Waals surface area contributed by atoms with Crippen molar-refractivity contribution in [2.45, 2.75) is 4.90 Å². The number of carboxylic acid groups (broad SMARTS) is 1. The summed E-state index contributed by atoms with van der Waals surface area (Å²) >= 11 is 0. The van der Waals surface area contributed by atoms with Crippen molar-refractivity contribution >= 4 is 21.9 Å². The molecule has 1 saturated heterocycles. The number of aromatic carboxylic acids is 1. The highest BCUT2D eigenvalue weighted by molar-refractivity contribution is 7.89. The molecule has 0 aromatic heterocycles. The number of carbonyl (C=O) groups is 2. The molecule has 2 aromatic carbocycles. The average Bonchev–Trinajstić information content (AvgIpc) is 2.68. The van der Waals surface area contributed by atoms with Crippen molar-refractivity contribution < 1.29 is 23.1 Å². The van der Waals surface area contributed by atoms with Gasteiger partial charge in [0.2, 0.25) is 10.0 Å². The fourth-order valence-corrected chi connectivity index (χ4v) is 4.30. The second-order valence-corrected chi connectivity index (χ2v) is 7.83. The van der Waals surface area contributed by atoms with Crippen LogP contribution in [0.5, 0.6) is 0 Å².